The minimum atomic E-state index is -0.506. The van der Waals surface area contributed by atoms with E-state index in [4.69, 9.17) is 9.47 Å². The van der Waals surface area contributed by atoms with Crippen LogP contribution in [0.15, 0.2) is 11.6 Å². The lowest BCUT2D eigenvalue weighted by Gasteiger charge is -2.31. The van der Waals surface area contributed by atoms with Gasteiger partial charge in [-0.25, -0.2) is 0 Å². The van der Waals surface area contributed by atoms with E-state index in [-0.39, 0.29) is 5.78 Å². The van der Waals surface area contributed by atoms with E-state index in [0.717, 1.165) is 5.57 Å². The zero-order valence-electron chi connectivity index (χ0n) is 7.72. The summed E-state index contributed by atoms with van der Waals surface area (Å²) in [4.78, 5) is 10.7. The second kappa shape index (κ2) is 3.37. The lowest BCUT2D eigenvalue weighted by atomic mass is 10.2. The Morgan fingerprint density at radius 1 is 1.42 bits per heavy atom. The van der Waals surface area contributed by atoms with Gasteiger partial charge < -0.3 is 9.47 Å². The highest BCUT2D eigenvalue weighted by molar-refractivity contribution is 5.88. The third-order valence-corrected chi connectivity index (χ3v) is 1.62. The average Bonchev–Trinajstić information content (AvgIpc) is 1.93. The largest absolute Gasteiger partial charge is 0.346 e. The maximum absolute atomic E-state index is 10.7. The second-order valence-corrected chi connectivity index (χ2v) is 3.39. The van der Waals surface area contributed by atoms with Gasteiger partial charge in [-0.2, -0.15) is 0 Å². The summed E-state index contributed by atoms with van der Waals surface area (Å²) in [6.07, 6.45) is 1.56. The monoisotopic (exact) mass is 170 g/mol. The summed E-state index contributed by atoms with van der Waals surface area (Å²) >= 11 is 0. The van der Waals surface area contributed by atoms with E-state index in [1.54, 1.807) is 6.08 Å². The van der Waals surface area contributed by atoms with Crippen LogP contribution in [0.1, 0.15) is 20.8 Å². The minimum Gasteiger partial charge on any atom is -0.346 e. The van der Waals surface area contributed by atoms with Crippen LogP contribution >= 0.6 is 0 Å². The third kappa shape index (κ3) is 2.75. The van der Waals surface area contributed by atoms with Crippen molar-refractivity contribution in [2.75, 3.05) is 13.2 Å². The van der Waals surface area contributed by atoms with Crippen molar-refractivity contribution in [1.82, 2.24) is 0 Å². The Balaban J connectivity index is 2.52. The van der Waals surface area contributed by atoms with Gasteiger partial charge in [0, 0.05) is 0 Å². The fourth-order valence-electron chi connectivity index (χ4n) is 0.987. The van der Waals surface area contributed by atoms with Gasteiger partial charge in [0.05, 0.1) is 13.2 Å². The van der Waals surface area contributed by atoms with Gasteiger partial charge in [-0.3, -0.25) is 4.79 Å². The van der Waals surface area contributed by atoms with E-state index in [2.05, 4.69) is 0 Å². The summed E-state index contributed by atoms with van der Waals surface area (Å²) in [5, 5.41) is 0. The number of hydrogen-bond donors (Lipinski definition) is 0. The van der Waals surface area contributed by atoms with Crippen molar-refractivity contribution in [2.24, 2.45) is 0 Å². The van der Waals surface area contributed by atoms with Crippen molar-refractivity contribution in [3.8, 4) is 0 Å². The van der Waals surface area contributed by atoms with Gasteiger partial charge in [-0.1, -0.05) is 0 Å². The Morgan fingerprint density at radius 3 is 2.33 bits per heavy atom. The molecule has 0 atom stereocenters. The second-order valence-electron chi connectivity index (χ2n) is 3.39. The predicted molar refractivity (Wildman–Crippen MR) is 44.7 cm³/mol. The Morgan fingerprint density at radius 2 is 1.92 bits per heavy atom. The van der Waals surface area contributed by atoms with Crippen LogP contribution in [0, 0.1) is 0 Å². The molecule has 1 heterocycles. The van der Waals surface area contributed by atoms with Crippen LogP contribution in [0.5, 0.6) is 0 Å². The summed E-state index contributed by atoms with van der Waals surface area (Å²) < 4.78 is 10.7. The zero-order chi connectivity index (χ0) is 9.19. The molecule has 0 N–H and O–H groups in total. The Labute approximate surface area is 72.4 Å². The average molecular weight is 170 g/mol. The van der Waals surface area contributed by atoms with Crippen molar-refractivity contribution >= 4 is 5.78 Å². The van der Waals surface area contributed by atoms with Gasteiger partial charge in [0.15, 0.2) is 11.6 Å². The van der Waals surface area contributed by atoms with Crippen molar-refractivity contribution < 1.29 is 14.3 Å². The van der Waals surface area contributed by atoms with Crippen molar-refractivity contribution in [2.45, 2.75) is 26.6 Å². The Bertz CT molecular complexity index is 204. The zero-order valence-corrected chi connectivity index (χ0v) is 7.72. The van der Waals surface area contributed by atoms with Crippen LogP contribution in [0.4, 0.5) is 0 Å². The van der Waals surface area contributed by atoms with Crippen LogP contribution in [-0.2, 0) is 14.3 Å². The van der Waals surface area contributed by atoms with Gasteiger partial charge in [0.1, 0.15) is 0 Å². The third-order valence-electron chi connectivity index (χ3n) is 1.62. The highest BCUT2D eigenvalue weighted by atomic mass is 16.7. The maximum atomic E-state index is 10.7. The fourth-order valence-corrected chi connectivity index (χ4v) is 0.987. The van der Waals surface area contributed by atoms with Crippen molar-refractivity contribution in [3.63, 3.8) is 0 Å². The molecule has 1 rings (SSSR count). The summed E-state index contributed by atoms with van der Waals surface area (Å²) in [5.74, 6) is -0.467. The molecule has 12 heavy (non-hydrogen) atoms. The number of allylic oxidation sites excluding steroid dienone is 1. The smallest absolute Gasteiger partial charge is 0.163 e. The number of carbonyl (C=O) groups excluding carboxylic acids is 1. The number of rotatable bonds is 1. The molecule has 0 aromatic carbocycles. The topological polar surface area (TPSA) is 35.5 Å². The standard InChI is InChI=1S/C9H14O3/c1-7(10)4-8-5-11-9(2,3)12-6-8/h4H,5-6H2,1-3H3. The van der Waals surface area contributed by atoms with Crippen molar-refractivity contribution in [1.29, 1.82) is 0 Å². The molecule has 0 radical (unpaired) electrons. The molecule has 3 heteroatoms. The maximum Gasteiger partial charge on any atom is 0.163 e. The molecule has 0 saturated carbocycles. The number of carbonyl (C=O) groups is 1. The lowest BCUT2D eigenvalue weighted by molar-refractivity contribution is -0.225. The summed E-state index contributed by atoms with van der Waals surface area (Å²) in [7, 11) is 0. The molecule has 0 spiro atoms. The molecule has 0 aliphatic carbocycles. The van der Waals surface area contributed by atoms with Crippen LogP contribution in [0.3, 0.4) is 0 Å². The van der Waals surface area contributed by atoms with E-state index < -0.39 is 5.79 Å². The molecule has 0 aromatic heterocycles. The quantitative estimate of drug-likeness (QED) is 0.556. The fraction of sp³-hybridized carbons (Fsp3) is 0.667. The van der Waals surface area contributed by atoms with Gasteiger partial charge in [0.25, 0.3) is 0 Å². The molecule has 1 aliphatic rings. The van der Waals surface area contributed by atoms with Gasteiger partial charge in [0.2, 0.25) is 0 Å². The van der Waals surface area contributed by atoms with Crippen LogP contribution < -0.4 is 0 Å². The normalized spacial score (nSPS) is 22.1. The molecule has 1 aliphatic heterocycles. The predicted octanol–water partition coefficient (Wildman–Crippen LogP) is 1.28. The first kappa shape index (κ1) is 9.42. The minimum absolute atomic E-state index is 0.0388. The lowest BCUT2D eigenvalue weighted by Crippen LogP contribution is -2.35. The van der Waals surface area contributed by atoms with E-state index >= 15 is 0 Å². The number of hydrogen-bond acceptors (Lipinski definition) is 3. The summed E-state index contributed by atoms with van der Waals surface area (Å²) in [5.41, 5.74) is 0.904. The van der Waals surface area contributed by atoms with E-state index in [1.807, 2.05) is 13.8 Å². The van der Waals surface area contributed by atoms with E-state index in [1.165, 1.54) is 6.92 Å². The molecule has 0 amide bonds. The molecule has 0 unspecified atom stereocenters. The SMILES string of the molecule is CC(=O)C=C1COC(C)(C)OC1. The van der Waals surface area contributed by atoms with Gasteiger partial charge in [-0.05, 0) is 32.4 Å². The van der Waals surface area contributed by atoms with Crippen LogP contribution in [-0.4, -0.2) is 24.8 Å². The molecule has 3 nitrogen and oxygen atoms in total. The van der Waals surface area contributed by atoms with Crippen molar-refractivity contribution in [3.05, 3.63) is 11.6 Å². The number of ether oxygens (including phenoxy) is 2. The summed E-state index contributed by atoms with van der Waals surface area (Å²) in [6, 6.07) is 0. The first-order valence-corrected chi connectivity index (χ1v) is 3.97. The van der Waals surface area contributed by atoms with Gasteiger partial charge in [-0.15, -0.1) is 0 Å². The molecule has 68 valence electrons. The Hall–Kier alpha value is -0.670. The molecule has 0 bridgehead atoms. The molecule has 1 fully saturated rings. The van der Waals surface area contributed by atoms with E-state index in [9.17, 15) is 4.79 Å². The Kier molecular flexibility index (Phi) is 2.65. The van der Waals surface area contributed by atoms with Crippen LogP contribution in [0.2, 0.25) is 0 Å². The molecular weight excluding hydrogens is 156 g/mol. The van der Waals surface area contributed by atoms with Gasteiger partial charge >= 0.3 is 0 Å². The summed E-state index contributed by atoms with van der Waals surface area (Å²) in [6.45, 7) is 6.22. The highest BCUT2D eigenvalue weighted by Gasteiger charge is 2.24. The number of ketones is 1. The molecular formula is C9H14O3. The van der Waals surface area contributed by atoms with E-state index in [0.29, 0.717) is 13.2 Å². The highest BCUT2D eigenvalue weighted by Crippen LogP contribution is 2.19. The molecule has 1 saturated heterocycles. The molecule has 0 aromatic rings. The first-order chi connectivity index (χ1) is 5.49. The first-order valence-electron chi connectivity index (χ1n) is 3.97. The van der Waals surface area contributed by atoms with Crippen LogP contribution in [0.25, 0.3) is 0 Å².